The minimum absolute atomic E-state index is 0.00423. The molecule has 0 bridgehead atoms. The molecule has 1 amide bonds. The van der Waals surface area contributed by atoms with Crippen molar-refractivity contribution in [1.82, 2.24) is 5.32 Å². The van der Waals surface area contributed by atoms with E-state index in [0.29, 0.717) is 13.0 Å². The van der Waals surface area contributed by atoms with Crippen molar-refractivity contribution in [2.45, 2.75) is 30.8 Å². The third-order valence-corrected chi connectivity index (χ3v) is 2.51. The number of hydrogen-bond donors (Lipinski definition) is 3. The van der Waals surface area contributed by atoms with Gasteiger partial charge in [0.2, 0.25) is 5.91 Å². The van der Waals surface area contributed by atoms with Crippen LogP contribution in [-0.4, -0.2) is 42.9 Å². The van der Waals surface area contributed by atoms with Crippen LogP contribution in [0.25, 0.3) is 0 Å². The number of nitrogens with one attached hydrogen (secondary N) is 1. The first-order valence-corrected chi connectivity index (χ1v) is 4.81. The molecule has 5 nitrogen and oxygen atoms in total. The van der Waals surface area contributed by atoms with Gasteiger partial charge in [0, 0.05) is 13.7 Å². The van der Waals surface area contributed by atoms with Crippen LogP contribution in [0.3, 0.4) is 0 Å². The van der Waals surface area contributed by atoms with Gasteiger partial charge >= 0.3 is 0 Å². The highest BCUT2D eigenvalue weighted by molar-refractivity contribution is 5.82. The molecule has 1 saturated carbocycles. The summed E-state index contributed by atoms with van der Waals surface area (Å²) in [7, 11) is 1.57. The van der Waals surface area contributed by atoms with Crippen LogP contribution >= 0.6 is 0 Å². The van der Waals surface area contributed by atoms with E-state index in [2.05, 4.69) is 5.32 Å². The summed E-state index contributed by atoms with van der Waals surface area (Å²) in [6.07, 6.45) is 2.18. The fourth-order valence-corrected chi connectivity index (χ4v) is 1.20. The van der Waals surface area contributed by atoms with Crippen LogP contribution in [-0.2, 0) is 9.53 Å². The number of methoxy groups -OCH3 is 1. The van der Waals surface area contributed by atoms with Gasteiger partial charge in [0.25, 0.3) is 0 Å². The Balaban J connectivity index is 2.27. The Hall–Kier alpha value is -0.650. The average molecular weight is 202 g/mol. The van der Waals surface area contributed by atoms with E-state index in [4.69, 9.17) is 15.6 Å². The van der Waals surface area contributed by atoms with Gasteiger partial charge in [0.1, 0.15) is 0 Å². The lowest BCUT2D eigenvalue weighted by Gasteiger charge is -2.17. The third-order valence-electron chi connectivity index (χ3n) is 2.51. The topological polar surface area (TPSA) is 84.6 Å². The molecule has 0 radical (unpaired) electrons. The van der Waals surface area contributed by atoms with E-state index in [1.165, 1.54) is 0 Å². The second-order valence-corrected chi connectivity index (χ2v) is 3.82. The molecule has 0 aliphatic heterocycles. The monoisotopic (exact) mass is 202 g/mol. The summed E-state index contributed by atoms with van der Waals surface area (Å²) in [5, 5.41) is 11.7. The summed E-state index contributed by atoms with van der Waals surface area (Å²) in [5.41, 5.74) is 5.25. The number of amides is 1. The molecule has 82 valence electrons. The second kappa shape index (κ2) is 4.72. The summed E-state index contributed by atoms with van der Waals surface area (Å²) in [4.78, 5) is 11.5. The standard InChI is InChI=1S/C9H18N2O3/c1-14-5-2-7(10)8(13)11-9(6-12)3-4-9/h7,12H,2-6,10H2,1H3,(H,11,13). The van der Waals surface area contributed by atoms with Gasteiger partial charge < -0.3 is 20.9 Å². The van der Waals surface area contributed by atoms with Gasteiger partial charge in [-0.15, -0.1) is 0 Å². The Labute approximate surface area is 83.6 Å². The van der Waals surface area contributed by atoms with Crippen LogP contribution in [0.15, 0.2) is 0 Å². The number of hydrogen-bond acceptors (Lipinski definition) is 4. The first kappa shape index (κ1) is 11.4. The lowest BCUT2D eigenvalue weighted by Crippen LogP contribution is -2.48. The third kappa shape index (κ3) is 2.94. The molecule has 0 spiro atoms. The van der Waals surface area contributed by atoms with Crippen molar-refractivity contribution in [3.05, 3.63) is 0 Å². The molecule has 1 aliphatic rings. The van der Waals surface area contributed by atoms with Gasteiger partial charge in [0.05, 0.1) is 18.2 Å². The molecule has 5 heteroatoms. The molecular weight excluding hydrogens is 184 g/mol. The molecule has 1 atom stereocenters. The highest BCUT2D eigenvalue weighted by Gasteiger charge is 2.43. The molecule has 0 aromatic heterocycles. The Morgan fingerprint density at radius 3 is 2.79 bits per heavy atom. The summed E-state index contributed by atoms with van der Waals surface area (Å²) in [6, 6.07) is -0.543. The van der Waals surface area contributed by atoms with E-state index in [9.17, 15) is 4.79 Å². The molecular formula is C9H18N2O3. The number of aliphatic hydroxyl groups excluding tert-OH is 1. The Morgan fingerprint density at radius 1 is 1.71 bits per heavy atom. The van der Waals surface area contributed by atoms with Gasteiger partial charge in [-0.25, -0.2) is 0 Å². The molecule has 1 fully saturated rings. The second-order valence-electron chi connectivity index (χ2n) is 3.82. The van der Waals surface area contributed by atoms with Crippen LogP contribution in [0.4, 0.5) is 0 Å². The molecule has 14 heavy (non-hydrogen) atoms. The highest BCUT2D eigenvalue weighted by atomic mass is 16.5. The highest BCUT2D eigenvalue weighted by Crippen LogP contribution is 2.34. The Kier molecular flexibility index (Phi) is 3.86. The summed E-state index contributed by atoms with van der Waals surface area (Å²) >= 11 is 0. The largest absolute Gasteiger partial charge is 0.394 e. The predicted octanol–water partition coefficient (Wildman–Crippen LogP) is -1.01. The molecule has 0 saturated heterocycles. The van der Waals surface area contributed by atoms with E-state index in [1.54, 1.807) is 7.11 Å². The zero-order chi connectivity index (χ0) is 10.6. The maximum atomic E-state index is 11.5. The van der Waals surface area contributed by atoms with Crippen molar-refractivity contribution in [2.75, 3.05) is 20.3 Å². The van der Waals surface area contributed by atoms with Crippen LogP contribution < -0.4 is 11.1 Å². The summed E-state index contributed by atoms with van der Waals surface area (Å²) in [5.74, 6) is -0.200. The van der Waals surface area contributed by atoms with Crippen LogP contribution in [0.2, 0.25) is 0 Å². The van der Waals surface area contributed by atoms with Crippen molar-refractivity contribution in [2.24, 2.45) is 5.73 Å². The number of carbonyl (C=O) groups is 1. The lowest BCUT2D eigenvalue weighted by atomic mass is 10.2. The zero-order valence-corrected chi connectivity index (χ0v) is 8.45. The number of nitrogens with two attached hydrogens (primary N) is 1. The number of carbonyl (C=O) groups excluding carboxylic acids is 1. The molecule has 0 heterocycles. The lowest BCUT2D eigenvalue weighted by molar-refractivity contribution is -0.124. The van der Waals surface area contributed by atoms with Gasteiger partial charge in [0.15, 0.2) is 0 Å². The fourth-order valence-electron chi connectivity index (χ4n) is 1.20. The van der Waals surface area contributed by atoms with Crippen molar-refractivity contribution in [3.8, 4) is 0 Å². The normalized spacial score (nSPS) is 20.2. The molecule has 0 aromatic carbocycles. The minimum atomic E-state index is -0.543. The Bertz CT molecular complexity index is 204. The van der Waals surface area contributed by atoms with Crippen molar-refractivity contribution < 1.29 is 14.6 Å². The first-order chi connectivity index (χ1) is 6.63. The van der Waals surface area contributed by atoms with E-state index < -0.39 is 6.04 Å². The van der Waals surface area contributed by atoms with Gasteiger partial charge in [-0.05, 0) is 19.3 Å². The molecule has 1 rings (SSSR count). The van der Waals surface area contributed by atoms with Gasteiger partial charge in [-0.2, -0.15) is 0 Å². The number of rotatable bonds is 6. The van der Waals surface area contributed by atoms with E-state index >= 15 is 0 Å². The molecule has 1 unspecified atom stereocenters. The van der Waals surface area contributed by atoms with E-state index in [0.717, 1.165) is 12.8 Å². The van der Waals surface area contributed by atoms with Crippen molar-refractivity contribution in [3.63, 3.8) is 0 Å². The van der Waals surface area contributed by atoms with E-state index in [1.807, 2.05) is 0 Å². The maximum Gasteiger partial charge on any atom is 0.237 e. The Morgan fingerprint density at radius 2 is 2.36 bits per heavy atom. The van der Waals surface area contributed by atoms with Crippen LogP contribution in [0.1, 0.15) is 19.3 Å². The SMILES string of the molecule is COCCC(N)C(=O)NC1(CO)CC1. The molecule has 1 aliphatic carbocycles. The smallest absolute Gasteiger partial charge is 0.237 e. The average Bonchev–Trinajstić information content (AvgIpc) is 2.94. The summed E-state index contributed by atoms with van der Waals surface area (Å²) < 4.78 is 4.83. The van der Waals surface area contributed by atoms with Crippen LogP contribution in [0.5, 0.6) is 0 Å². The quantitative estimate of drug-likeness (QED) is 0.515. The number of aliphatic hydroxyl groups is 1. The number of ether oxygens (including phenoxy) is 1. The van der Waals surface area contributed by atoms with E-state index in [-0.39, 0.29) is 18.1 Å². The van der Waals surface area contributed by atoms with Crippen molar-refractivity contribution in [1.29, 1.82) is 0 Å². The van der Waals surface area contributed by atoms with Gasteiger partial charge in [-0.3, -0.25) is 4.79 Å². The van der Waals surface area contributed by atoms with Gasteiger partial charge in [-0.1, -0.05) is 0 Å². The maximum absolute atomic E-state index is 11.5. The fraction of sp³-hybridized carbons (Fsp3) is 0.889. The predicted molar refractivity (Wildman–Crippen MR) is 51.7 cm³/mol. The molecule has 0 aromatic rings. The first-order valence-electron chi connectivity index (χ1n) is 4.81. The van der Waals surface area contributed by atoms with Crippen molar-refractivity contribution >= 4 is 5.91 Å². The van der Waals surface area contributed by atoms with Crippen LogP contribution in [0, 0.1) is 0 Å². The zero-order valence-electron chi connectivity index (χ0n) is 8.45. The summed E-state index contributed by atoms with van der Waals surface area (Å²) in [6.45, 7) is 0.469. The molecule has 4 N–H and O–H groups in total. The minimum Gasteiger partial charge on any atom is -0.394 e.